The molecule has 1 heterocycles. The van der Waals surface area contributed by atoms with Crippen LogP contribution in [-0.4, -0.2) is 45.6 Å². The molecule has 0 atom stereocenters. The molecular weight excluding hydrogens is 436 g/mol. The summed E-state index contributed by atoms with van der Waals surface area (Å²) in [5, 5.41) is 3.97. The molecule has 1 saturated carbocycles. The SMILES string of the molecule is Cc1ccc(NC(=O)CN(C)C(=O)CSc2nc3ccccc3c(=O)n2C2CCCC2)cc1. The summed E-state index contributed by atoms with van der Waals surface area (Å²) in [6, 6.07) is 14.9. The lowest BCUT2D eigenvalue weighted by atomic mass is 10.2. The van der Waals surface area contributed by atoms with E-state index in [1.54, 1.807) is 17.7 Å². The Kier molecular flexibility index (Phi) is 7.13. The quantitative estimate of drug-likeness (QED) is 0.422. The molecule has 2 amide bonds. The predicted molar refractivity (Wildman–Crippen MR) is 132 cm³/mol. The number of nitrogens with zero attached hydrogens (tertiary/aromatic N) is 3. The van der Waals surface area contributed by atoms with Gasteiger partial charge in [0.25, 0.3) is 5.56 Å². The summed E-state index contributed by atoms with van der Waals surface area (Å²) >= 11 is 1.26. The van der Waals surface area contributed by atoms with Gasteiger partial charge in [-0.25, -0.2) is 4.98 Å². The number of fused-ring (bicyclic) bond motifs is 1. The highest BCUT2D eigenvalue weighted by Gasteiger charge is 2.24. The molecule has 0 bridgehead atoms. The van der Waals surface area contributed by atoms with Crippen LogP contribution in [0.4, 0.5) is 5.69 Å². The van der Waals surface area contributed by atoms with Gasteiger partial charge in [0.1, 0.15) is 0 Å². The summed E-state index contributed by atoms with van der Waals surface area (Å²) in [5.41, 5.74) is 2.39. The lowest BCUT2D eigenvalue weighted by molar-refractivity contribution is -0.131. The van der Waals surface area contributed by atoms with E-state index in [1.165, 1.54) is 16.7 Å². The van der Waals surface area contributed by atoms with Crippen molar-refractivity contribution in [2.75, 3.05) is 24.7 Å². The maximum Gasteiger partial charge on any atom is 0.262 e. The molecule has 1 N–H and O–H groups in total. The molecule has 0 unspecified atom stereocenters. The van der Waals surface area contributed by atoms with Crippen LogP contribution in [-0.2, 0) is 9.59 Å². The fourth-order valence-corrected chi connectivity index (χ4v) is 5.10. The normalized spacial score (nSPS) is 13.9. The number of hydrogen-bond donors (Lipinski definition) is 1. The molecule has 1 aliphatic rings. The fourth-order valence-electron chi connectivity index (χ4n) is 4.09. The van der Waals surface area contributed by atoms with Crippen LogP contribution in [0.25, 0.3) is 10.9 Å². The second-order valence-electron chi connectivity index (χ2n) is 8.48. The van der Waals surface area contributed by atoms with Crippen LogP contribution in [0.5, 0.6) is 0 Å². The Morgan fingerprint density at radius 3 is 2.55 bits per heavy atom. The summed E-state index contributed by atoms with van der Waals surface area (Å²) in [7, 11) is 1.61. The summed E-state index contributed by atoms with van der Waals surface area (Å²) in [4.78, 5) is 44.4. The van der Waals surface area contributed by atoms with Gasteiger partial charge in [0.15, 0.2) is 5.16 Å². The van der Waals surface area contributed by atoms with Crippen molar-refractivity contribution in [2.45, 2.75) is 43.8 Å². The molecule has 172 valence electrons. The molecule has 0 radical (unpaired) electrons. The first-order valence-corrected chi connectivity index (χ1v) is 12.2. The van der Waals surface area contributed by atoms with Gasteiger partial charge < -0.3 is 10.2 Å². The van der Waals surface area contributed by atoms with Gasteiger partial charge in [-0.3, -0.25) is 19.0 Å². The van der Waals surface area contributed by atoms with Crippen LogP contribution in [0.15, 0.2) is 58.5 Å². The van der Waals surface area contributed by atoms with Gasteiger partial charge in [0.05, 0.1) is 23.2 Å². The second kappa shape index (κ2) is 10.2. The summed E-state index contributed by atoms with van der Waals surface area (Å²) in [6.07, 6.45) is 4.07. The topological polar surface area (TPSA) is 84.3 Å². The van der Waals surface area contributed by atoms with Crippen molar-refractivity contribution in [1.29, 1.82) is 0 Å². The fraction of sp³-hybridized carbons (Fsp3) is 0.360. The zero-order valence-electron chi connectivity index (χ0n) is 18.9. The van der Waals surface area contributed by atoms with E-state index in [4.69, 9.17) is 4.98 Å². The van der Waals surface area contributed by atoms with E-state index < -0.39 is 0 Å². The zero-order valence-corrected chi connectivity index (χ0v) is 19.7. The summed E-state index contributed by atoms with van der Waals surface area (Å²) < 4.78 is 1.78. The van der Waals surface area contributed by atoms with Gasteiger partial charge in [-0.15, -0.1) is 0 Å². The number of nitrogens with one attached hydrogen (secondary N) is 1. The smallest absolute Gasteiger partial charge is 0.262 e. The van der Waals surface area contributed by atoms with Gasteiger partial charge in [-0.2, -0.15) is 0 Å². The Balaban J connectivity index is 1.44. The van der Waals surface area contributed by atoms with Crippen LogP contribution >= 0.6 is 11.8 Å². The van der Waals surface area contributed by atoms with Crippen LogP contribution in [0.1, 0.15) is 37.3 Å². The molecule has 33 heavy (non-hydrogen) atoms. The number of para-hydroxylation sites is 1. The third-order valence-electron chi connectivity index (χ3n) is 5.93. The molecule has 2 aromatic carbocycles. The van der Waals surface area contributed by atoms with Crippen LogP contribution in [0.3, 0.4) is 0 Å². The van der Waals surface area contributed by atoms with Crippen molar-refractivity contribution in [3.05, 3.63) is 64.4 Å². The summed E-state index contributed by atoms with van der Waals surface area (Å²) in [5.74, 6) is -0.350. The first-order valence-electron chi connectivity index (χ1n) is 11.2. The minimum Gasteiger partial charge on any atom is -0.336 e. The Labute approximate surface area is 197 Å². The average Bonchev–Trinajstić information content (AvgIpc) is 3.33. The second-order valence-corrected chi connectivity index (χ2v) is 9.42. The van der Waals surface area contributed by atoms with Gasteiger partial charge in [0.2, 0.25) is 11.8 Å². The number of thioether (sulfide) groups is 1. The van der Waals surface area contributed by atoms with Crippen molar-refractivity contribution in [2.24, 2.45) is 0 Å². The molecule has 1 fully saturated rings. The van der Waals surface area contributed by atoms with E-state index in [0.29, 0.717) is 21.7 Å². The van der Waals surface area contributed by atoms with Gasteiger partial charge in [-0.1, -0.05) is 54.4 Å². The lowest BCUT2D eigenvalue weighted by Crippen LogP contribution is -2.36. The van der Waals surface area contributed by atoms with E-state index in [2.05, 4.69) is 5.32 Å². The Morgan fingerprint density at radius 2 is 1.82 bits per heavy atom. The van der Waals surface area contributed by atoms with E-state index in [9.17, 15) is 14.4 Å². The monoisotopic (exact) mass is 464 g/mol. The molecule has 8 heteroatoms. The Hall–Kier alpha value is -3.13. The first kappa shape index (κ1) is 23.0. The average molecular weight is 465 g/mol. The number of aromatic nitrogens is 2. The number of likely N-dealkylation sites (N-methyl/N-ethyl adjacent to an activating group) is 1. The number of amides is 2. The largest absolute Gasteiger partial charge is 0.336 e. The molecule has 1 aromatic heterocycles. The number of aryl methyl sites for hydroxylation is 1. The van der Waals surface area contributed by atoms with Crippen molar-refractivity contribution >= 4 is 40.2 Å². The Bertz CT molecular complexity index is 1220. The standard InChI is InChI=1S/C25H28N4O3S/c1-17-11-13-18(14-12-17)26-22(30)15-28(2)23(31)16-33-25-27-21-10-6-5-9-20(21)24(32)29(25)19-7-3-4-8-19/h5-6,9-14,19H,3-4,7-8,15-16H2,1-2H3,(H,26,30). The summed E-state index contributed by atoms with van der Waals surface area (Å²) in [6.45, 7) is 1.93. The lowest BCUT2D eigenvalue weighted by Gasteiger charge is -2.20. The maximum absolute atomic E-state index is 13.2. The molecule has 4 rings (SSSR count). The van der Waals surface area contributed by atoms with Gasteiger partial charge >= 0.3 is 0 Å². The highest BCUT2D eigenvalue weighted by molar-refractivity contribution is 7.99. The van der Waals surface area contributed by atoms with E-state index in [0.717, 1.165) is 31.2 Å². The third-order valence-corrected chi connectivity index (χ3v) is 6.87. The molecule has 1 aliphatic carbocycles. The van der Waals surface area contributed by atoms with E-state index >= 15 is 0 Å². The number of benzene rings is 2. The zero-order chi connectivity index (χ0) is 23.4. The van der Waals surface area contributed by atoms with Crippen molar-refractivity contribution in [3.63, 3.8) is 0 Å². The number of carbonyl (C=O) groups excluding carboxylic acids is 2. The molecule has 7 nitrogen and oxygen atoms in total. The van der Waals surface area contributed by atoms with Crippen LogP contribution in [0.2, 0.25) is 0 Å². The van der Waals surface area contributed by atoms with Gasteiger partial charge in [-0.05, 0) is 44.0 Å². The Morgan fingerprint density at radius 1 is 1.12 bits per heavy atom. The van der Waals surface area contributed by atoms with Crippen molar-refractivity contribution < 1.29 is 9.59 Å². The van der Waals surface area contributed by atoms with Crippen LogP contribution in [0, 0.1) is 6.92 Å². The third kappa shape index (κ3) is 5.45. The molecule has 0 spiro atoms. The highest BCUT2D eigenvalue weighted by atomic mass is 32.2. The number of hydrogen-bond acceptors (Lipinski definition) is 5. The number of rotatable bonds is 7. The van der Waals surface area contributed by atoms with Crippen molar-refractivity contribution in [3.8, 4) is 0 Å². The molecule has 0 aliphatic heterocycles. The van der Waals surface area contributed by atoms with E-state index in [-0.39, 0.29) is 35.7 Å². The highest BCUT2D eigenvalue weighted by Crippen LogP contribution is 2.32. The maximum atomic E-state index is 13.2. The number of anilines is 1. The molecule has 0 saturated heterocycles. The minimum atomic E-state index is -0.258. The predicted octanol–water partition coefficient (Wildman–Crippen LogP) is 4.01. The minimum absolute atomic E-state index is 0.0478. The number of carbonyl (C=O) groups is 2. The molecule has 3 aromatic rings. The van der Waals surface area contributed by atoms with E-state index in [1.807, 2.05) is 49.4 Å². The van der Waals surface area contributed by atoms with Crippen LogP contribution < -0.4 is 10.9 Å². The first-order chi connectivity index (χ1) is 15.9. The van der Waals surface area contributed by atoms with Crippen molar-refractivity contribution in [1.82, 2.24) is 14.5 Å². The molecular formula is C25H28N4O3S. The van der Waals surface area contributed by atoms with Gasteiger partial charge in [0, 0.05) is 18.8 Å².